The number of hydrogen-bond donors (Lipinski definition) is 1. The minimum atomic E-state index is -0.588. The molecule has 2 aromatic carbocycles. The van der Waals surface area contributed by atoms with Crippen LogP contribution >= 0.6 is 0 Å². The van der Waals surface area contributed by atoms with Gasteiger partial charge in [-0.15, -0.1) is 0 Å². The van der Waals surface area contributed by atoms with E-state index in [1.165, 1.54) is 36.1 Å². The van der Waals surface area contributed by atoms with Crippen LogP contribution in [0.2, 0.25) is 0 Å². The number of aromatic nitrogens is 2. The van der Waals surface area contributed by atoms with E-state index >= 15 is 0 Å². The smallest absolute Gasteiger partial charge is 0.410 e. The topological polar surface area (TPSA) is 79.7 Å². The fraction of sp³-hybridized carbons (Fsp3) is 0.346. The van der Waals surface area contributed by atoms with Crippen molar-refractivity contribution >= 4 is 23.4 Å². The molecule has 1 saturated heterocycles. The Hall–Kier alpha value is -3.72. The average Bonchev–Trinajstić information content (AvgIpc) is 3.35. The lowest BCUT2D eigenvalue weighted by atomic mass is 10.0. The third-order valence-corrected chi connectivity index (χ3v) is 6.61. The number of carbonyl (C=O) groups is 2. The van der Waals surface area contributed by atoms with Gasteiger partial charge in [0, 0.05) is 25.2 Å². The van der Waals surface area contributed by atoms with Gasteiger partial charge in [0.05, 0.1) is 29.7 Å². The van der Waals surface area contributed by atoms with E-state index in [1.54, 1.807) is 4.90 Å². The summed E-state index contributed by atoms with van der Waals surface area (Å²) in [6, 6.07) is 11.1. The van der Waals surface area contributed by atoms with Gasteiger partial charge in [0.1, 0.15) is 11.6 Å². The first kappa shape index (κ1) is 23.0. The van der Waals surface area contributed by atoms with Crippen LogP contribution in [0.1, 0.15) is 32.7 Å². The lowest BCUT2D eigenvalue weighted by Crippen LogP contribution is -2.52. The number of fused-ring (bicyclic) bond motifs is 1. The van der Waals surface area contributed by atoms with Crippen LogP contribution in [0.25, 0.3) is 11.1 Å². The van der Waals surface area contributed by atoms with E-state index in [1.807, 2.05) is 42.2 Å². The fourth-order valence-corrected chi connectivity index (χ4v) is 4.87. The number of ether oxygens (including phenoxy) is 1. The third kappa shape index (κ3) is 4.64. The van der Waals surface area contributed by atoms with Crippen LogP contribution in [0.4, 0.5) is 20.6 Å². The third-order valence-electron chi connectivity index (χ3n) is 6.61. The highest BCUT2D eigenvalue weighted by atomic mass is 19.1. The van der Waals surface area contributed by atoms with Gasteiger partial charge in [0.25, 0.3) is 0 Å². The highest BCUT2D eigenvalue weighted by molar-refractivity contribution is 6.03. The Morgan fingerprint density at radius 1 is 1.06 bits per heavy atom. The molecule has 0 bridgehead atoms. The Balaban J connectivity index is 1.48. The molecule has 2 aliphatic heterocycles. The van der Waals surface area contributed by atoms with Crippen molar-refractivity contribution in [3.63, 3.8) is 0 Å². The van der Waals surface area contributed by atoms with E-state index in [9.17, 15) is 14.0 Å². The largest absolute Gasteiger partial charge is 0.419 e. The average molecular weight is 478 g/mol. The minimum Gasteiger partial charge on any atom is -0.410 e. The molecular formula is C26H28FN5O3. The number of piperidine rings is 1. The van der Waals surface area contributed by atoms with Crippen LogP contribution in [0.5, 0.6) is 5.75 Å². The molecule has 2 aliphatic rings. The summed E-state index contributed by atoms with van der Waals surface area (Å²) in [6.07, 6.45) is 5.33. The molecule has 2 amide bonds. The molecule has 1 fully saturated rings. The zero-order chi connectivity index (χ0) is 24.5. The Labute approximate surface area is 203 Å². The van der Waals surface area contributed by atoms with Gasteiger partial charge in [0.2, 0.25) is 5.91 Å². The van der Waals surface area contributed by atoms with Crippen molar-refractivity contribution in [1.29, 1.82) is 0 Å². The second-order valence-corrected chi connectivity index (χ2v) is 9.06. The Morgan fingerprint density at radius 3 is 2.51 bits per heavy atom. The molecule has 5 rings (SSSR count). The molecule has 9 heteroatoms. The number of nitrogens with zero attached hydrogens (tertiary/aromatic N) is 4. The summed E-state index contributed by atoms with van der Waals surface area (Å²) >= 11 is 0. The molecule has 0 unspecified atom stereocenters. The normalized spacial score (nSPS) is 18.3. The van der Waals surface area contributed by atoms with E-state index in [0.29, 0.717) is 17.4 Å². The molecule has 0 spiro atoms. The molecule has 182 valence electrons. The quantitative estimate of drug-likeness (QED) is 0.606. The number of carbonyl (C=O) groups excluding carboxylic acids is 2. The molecule has 0 radical (unpaired) electrons. The fourth-order valence-electron chi connectivity index (χ4n) is 4.87. The maximum atomic E-state index is 13.3. The van der Waals surface area contributed by atoms with Crippen molar-refractivity contribution in [3.05, 3.63) is 60.7 Å². The molecule has 1 aromatic heterocycles. The van der Waals surface area contributed by atoms with Crippen molar-refractivity contribution in [1.82, 2.24) is 15.1 Å². The first-order chi connectivity index (χ1) is 16.9. The molecule has 1 N–H and O–H groups in total. The van der Waals surface area contributed by atoms with E-state index in [-0.39, 0.29) is 24.2 Å². The van der Waals surface area contributed by atoms with Crippen molar-refractivity contribution in [2.24, 2.45) is 0 Å². The highest BCUT2D eigenvalue weighted by Gasteiger charge is 2.35. The van der Waals surface area contributed by atoms with Crippen LogP contribution < -0.4 is 19.9 Å². The van der Waals surface area contributed by atoms with Gasteiger partial charge >= 0.3 is 6.09 Å². The zero-order valence-electron chi connectivity index (χ0n) is 19.8. The van der Waals surface area contributed by atoms with Crippen molar-refractivity contribution in [3.8, 4) is 16.9 Å². The van der Waals surface area contributed by atoms with Gasteiger partial charge in [-0.05, 0) is 74.8 Å². The molecule has 0 saturated carbocycles. The maximum absolute atomic E-state index is 13.3. The summed E-state index contributed by atoms with van der Waals surface area (Å²) in [5, 5.41) is 7.96. The Bertz CT molecular complexity index is 1240. The van der Waals surface area contributed by atoms with Gasteiger partial charge in [0.15, 0.2) is 0 Å². The lowest BCUT2D eigenvalue weighted by molar-refractivity contribution is -0.117. The van der Waals surface area contributed by atoms with Crippen LogP contribution in [-0.2, 0) is 4.79 Å². The van der Waals surface area contributed by atoms with Crippen LogP contribution in [-0.4, -0.2) is 47.5 Å². The minimum absolute atomic E-state index is 0.100. The SMILES string of the molecule is CC(=O)N1c2ccc(-c3cnn(C4CCNCC4)c3)cc2N(C(=O)Oc2ccc(F)cc2)C[C@@H]1C. The number of hydrogen-bond acceptors (Lipinski definition) is 5. The van der Waals surface area contributed by atoms with Crippen molar-refractivity contribution < 1.29 is 18.7 Å². The van der Waals surface area contributed by atoms with Crippen molar-refractivity contribution in [2.75, 3.05) is 29.4 Å². The molecule has 1 atom stereocenters. The van der Waals surface area contributed by atoms with Gasteiger partial charge in [-0.3, -0.25) is 14.4 Å². The van der Waals surface area contributed by atoms with Gasteiger partial charge in [-0.2, -0.15) is 5.10 Å². The second kappa shape index (κ2) is 9.50. The molecule has 0 aliphatic carbocycles. The van der Waals surface area contributed by atoms with Gasteiger partial charge in [-0.1, -0.05) is 6.07 Å². The van der Waals surface area contributed by atoms with Crippen LogP contribution in [0, 0.1) is 5.82 Å². The number of benzene rings is 2. The molecule has 35 heavy (non-hydrogen) atoms. The van der Waals surface area contributed by atoms with Gasteiger partial charge < -0.3 is 15.0 Å². The summed E-state index contributed by atoms with van der Waals surface area (Å²) in [6.45, 7) is 5.62. The zero-order valence-corrected chi connectivity index (χ0v) is 19.8. The standard InChI is InChI=1S/C26H28FN5O3/c1-17-15-30(26(34)35-23-6-4-21(27)5-7-23)25-13-19(3-8-24(25)32(17)18(2)33)20-14-29-31(16-20)22-9-11-28-12-10-22/h3-8,13-14,16-17,22,28H,9-12,15H2,1-2H3/t17-/m0/s1. The van der Waals surface area contributed by atoms with Crippen LogP contribution in [0.3, 0.4) is 0 Å². The Morgan fingerprint density at radius 2 is 1.80 bits per heavy atom. The van der Waals surface area contributed by atoms with Crippen LogP contribution in [0.15, 0.2) is 54.9 Å². The van der Waals surface area contributed by atoms with E-state index in [0.717, 1.165) is 37.1 Å². The second-order valence-electron chi connectivity index (χ2n) is 9.06. The Kier molecular flexibility index (Phi) is 6.25. The lowest BCUT2D eigenvalue weighted by Gasteiger charge is -2.40. The molecule has 3 aromatic rings. The summed E-state index contributed by atoms with van der Waals surface area (Å²) in [5.74, 6) is -0.260. The summed E-state index contributed by atoms with van der Waals surface area (Å²) in [4.78, 5) is 28.8. The predicted octanol–water partition coefficient (Wildman–Crippen LogP) is 4.37. The maximum Gasteiger partial charge on any atom is 0.419 e. The monoisotopic (exact) mass is 477 g/mol. The summed E-state index contributed by atoms with van der Waals surface area (Å²) in [7, 11) is 0. The van der Waals surface area contributed by atoms with Gasteiger partial charge in [-0.25, -0.2) is 9.18 Å². The van der Waals surface area contributed by atoms with Crippen molar-refractivity contribution in [2.45, 2.75) is 38.8 Å². The van der Waals surface area contributed by atoms with E-state index in [4.69, 9.17) is 4.74 Å². The highest BCUT2D eigenvalue weighted by Crippen LogP contribution is 2.39. The first-order valence-corrected chi connectivity index (χ1v) is 11.8. The number of amides is 2. The number of nitrogens with one attached hydrogen (secondary N) is 1. The first-order valence-electron chi connectivity index (χ1n) is 11.8. The molecular weight excluding hydrogens is 449 g/mol. The molecule has 8 nitrogen and oxygen atoms in total. The number of rotatable bonds is 3. The number of halogens is 1. The summed E-state index contributed by atoms with van der Waals surface area (Å²) < 4.78 is 20.8. The van der Waals surface area contributed by atoms with E-state index in [2.05, 4.69) is 10.4 Å². The number of anilines is 2. The predicted molar refractivity (Wildman–Crippen MR) is 131 cm³/mol. The summed E-state index contributed by atoms with van der Waals surface area (Å²) in [5.41, 5.74) is 3.05. The molecule has 3 heterocycles. The van der Waals surface area contributed by atoms with E-state index < -0.39 is 11.9 Å².